The van der Waals surface area contributed by atoms with Gasteiger partial charge in [-0.15, -0.1) is 0 Å². The molecule has 1 aromatic heterocycles. The number of amides is 1. The molecule has 76 valence electrons. The van der Waals surface area contributed by atoms with Crippen molar-refractivity contribution in [1.82, 2.24) is 14.7 Å². The van der Waals surface area contributed by atoms with E-state index in [0.717, 1.165) is 12.5 Å². The Kier molecular flexibility index (Phi) is 2.27. The predicted molar refractivity (Wildman–Crippen MR) is 53.0 cm³/mol. The minimum absolute atomic E-state index is 0.0282. The van der Waals surface area contributed by atoms with Crippen molar-refractivity contribution in [2.24, 2.45) is 5.92 Å². The van der Waals surface area contributed by atoms with Gasteiger partial charge in [0, 0.05) is 26.8 Å². The Bertz CT molecular complexity index is 339. The Morgan fingerprint density at radius 2 is 2.36 bits per heavy atom. The molecule has 0 unspecified atom stereocenters. The molecule has 1 fully saturated rings. The molecule has 1 saturated carbocycles. The summed E-state index contributed by atoms with van der Waals surface area (Å²) in [6.45, 7) is 0.959. The summed E-state index contributed by atoms with van der Waals surface area (Å²) < 4.78 is 1.87. The fraction of sp³-hybridized carbons (Fsp3) is 0.600. The highest BCUT2D eigenvalue weighted by Crippen LogP contribution is 2.30. The van der Waals surface area contributed by atoms with Gasteiger partial charge in [-0.1, -0.05) is 0 Å². The molecule has 0 atom stereocenters. The van der Waals surface area contributed by atoms with Gasteiger partial charge >= 0.3 is 0 Å². The van der Waals surface area contributed by atoms with E-state index in [1.165, 1.54) is 12.8 Å². The van der Waals surface area contributed by atoms with Crippen LogP contribution in [0.25, 0.3) is 0 Å². The number of carbonyl (C=O) groups excluding carboxylic acids is 1. The third-order valence-electron chi connectivity index (χ3n) is 2.41. The Hall–Kier alpha value is -1.32. The summed E-state index contributed by atoms with van der Waals surface area (Å²) in [6, 6.07) is 1.78. The van der Waals surface area contributed by atoms with Crippen LogP contribution in [0.1, 0.15) is 23.3 Å². The first kappa shape index (κ1) is 9.24. The maximum atomic E-state index is 11.5. The maximum Gasteiger partial charge on any atom is 0.273 e. The molecule has 1 amide bonds. The van der Waals surface area contributed by atoms with Gasteiger partial charge in [0.05, 0.1) is 0 Å². The van der Waals surface area contributed by atoms with Crippen molar-refractivity contribution in [2.75, 3.05) is 14.1 Å². The number of hydrogen-bond acceptors (Lipinski definition) is 2. The van der Waals surface area contributed by atoms with Gasteiger partial charge in [0.2, 0.25) is 0 Å². The van der Waals surface area contributed by atoms with Gasteiger partial charge in [0.25, 0.3) is 5.91 Å². The smallest absolute Gasteiger partial charge is 0.273 e. The molecule has 0 N–H and O–H groups in total. The molecule has 0 saturated heterocycles. The SMILES string of the molecule is CN(C)C(=O)c1ccn(CC2CC2)n1. The fourth-order valence-electron chi connectivity index (χ4n) is 1.37. The standard InChI is InChI=1S/C10H15N3O/c1-12(2)10(14)9-5-6-13(11-9)7-8-3-4-8/h5-6,8H,3-4,7H2,1-2H3. The topological polar surface area (TPSA) is 38.1 Å². The molecule has 0 radical (unpaired) electrons. The third-order valence-corrected chi connectivity index (χ3v) is 2.41. The number of nitrogens with zero attached hydrogens (tertiary/aromatic N) is 3. The van der Waals surface area contributed by atoms with Crippen molar-refractivity contribution < 1.29 is 4.79 Å². The summed E-state index contributed by atoms with van der Waals surface area (Å²) in [4.78, 5) is 13.1. The van der Waals surface area contributed by atoms with E-state index < -0.39 is 0 Å². The molecule has 0 aromatic carbocycles. The van der Waals surface area contributed by atoms with E-state index >= 15 is 0 Å². The van der Waals surface area contributed by atoms with Crippen molar-refractivity contribution in [2.45, 2.75) is 19.4 Å². The van der Waals surface area contributed by atoms with E-state index in [9.17, 15) is 4.79 Å². The first-order valence-electron chi connectivity index (χ1n) is 4.92. The zero-order valence-corrected chi connectivity index (χ0v) is 8.60. The van der Waals surface area contributed by atoms with Gasteiger partial charge in [-0.3, -0.25) is 9.48 Å². The highest BCUT2D eigenvalue weighted by Gasteiger charge is 2.22. The van der Waals surface area contributed by atoms with Crippen molar-refractivity contribution >= 4 is 5.91 Å². The first-order valence-corrected chi connectivity index (χ1v) is 4.92. The van der Waals surface area contributed by atoms with Gasteiger partial charge in [-0.2, -0.15) is 5.10 Å². The summed E-state index contributed by atoms with van der Waals surface area (Å²) >= 11 is 0. The maximum absolute atomic E-state index is 11.5. The minimum Gasteiger partial charge on any atom is -0.343 e. The molecular formula is C10H15N3O. The molecule has 0 spiro atoms. The van der Waals surface area contributed by atoms with Crippen LogP contribution in [-0.2, 0) is 6.54 Å². The van der Waals surface area contributed by atoms with Crippen LogP contribution in [0.4, 0.5) is 0 Å². The molecule has 0 aliphatic heterocycles. The fourth-order valence-corrected chi connectivity index (χ4v) is 1.37. The van der Waals surface area contributed by atoms with E-state index in [2.05, 4.69) is 5.10 Å². The molecular weight excluding hydrogens is 178 g/mol. The highest BCUT2D eigenvalue weighted by atomic mass is 16.2. The molecule has 1 aliphatic rings. The van der Waals surface area contributed by atoms with Gasteiger partial charge in [-0.05, 0) is 24.8 Å². The first-order chi connectivity index (χ1) is 6.66. The molecule has 4 heteroatoms. The predicted octanol–water partition coefficient (Wildman–Crippen LogP) is 0.995. The van der Waals surface area contributed by atoms with Crippen LogP contribution in [0.2, 0.25) is 0 Å². The van der Waals surface area contributed by atoms with Crippen LogP contribution in [0.15, 0.2) is 12.3 Å². The number of hydrogen-bond donors (Lipinski definition) is 0. The molecule has 1 aromatic rings. The van der Waals surface area contributed by atoms with Crippen molar-refractivity contribution in [3.63, 3.8) is 0 Å². The Morgan fingerprint density at radius 3 is 2.93 bits per heavy atom. The van der Waals surface area contributed by atoms with Crippen molar-refractivity contribution in [3.05, 3.63) is 18.0 Å². The molecule has 14 heavy (non-hydrogen) atoms. The third kappa shape index (κ3) is 1.95. The number of rotatable bonds is 3. The summed E-state index contributed by atoms with van der Waals surface area (Å²) in [5.74, 6) is 0.761. The average Bonchev–Trinajstić information content (AvgIpc) is 2.81. The van der Waals surface area contributed by atoms with Crippen LogP contribution in [0.5, 0.6) is 0 Å². The molecule has 2 rings (SSSR count). The average molecular weight is 193 g/mol. The second kappa shape index (κ2) is 3.44. The zero-order valence-electron chi connectivity index (χ0n) is 8.60. The number of aromatic nitrogens is 2. The van der Waals surface area contributed by atoms with Gasteiger partial charge in [-0.25, -0.2) is 0 Å². The Labute approximate surface area is 83.5 Å². The van der Waals surface area contributed by atoms with Crippen LogP contribution >= 0.6 is 0 Å². The summed E-state index contributed by atoms with van der Waals surface area (Å²) in [6.07, 6.45) is 4.49. The molecule has 4 nitrogen and oxygen atoms in total. The summed E-state index contributed by atoms with van der Waals surface area (Å²) in [7, 11) is 3.48. The van der Waals surface area contributed by atoms with E-state index in [-0.39, 0.29) is 5.91 Å². The lowest BCUT2D eigenvalue weighted by Gasteiger charge is -2.06. The molecule has 0 bridgehead atoms. The normalized spacial score (nSPS) is 15.6. The lowest BCUT2D eigenvalue weighted by Crippen LogP contribution is -2.22. The molecule has 1 aliphatic carbocycles. The molecule has 1 heterocycles. The van der Waals surface area contributed by atoms with Gasteiger partial charge < -0.3 is 4.90 Å². The van der Waals surface area contributed by atoms with Crippen molar-refractivity contribution in [1.29, 1.82) is 0 Å². The highest BCUT2D eigenvalue weighted by molar-refractivity contribution is 5.91. The van der Waals surface area contributed by atoms with Crippen LogP contribution in [0, 0.1) is 5.92 Å². The van der Waals surface area contributed by atoms with Crippen LogP contribution in [0.3, 0.4) is 0 Å². The van der Waals surface area contributed by atoms with E-state index in [0.29, 0.717) is 5.69 Å². The van der Waals surface area contributed by atoms with E-state index in [4.69, 9.17) is 0 Å². The largest absolute Gasteiger partial charge is 0.343 e. The van der Waals surface area contributed by atoms with Gasteiger partial charge in [0.1, 0.15) is 5.69 Å². The zero-order chi connectivity index (χ0) is 10.1. The van der Waals surface area contributed by atoms with Crippen LogP contribution < -0.4 is 0 Å². The lowest BCUT2D eigenvalue weighted by molar-refractivity contribution is 0.0821. The Morgan fingerprint density at radius 1 is 1.64 bits per heavy atom. The monoisotopic (exact) mass is 193 g/mol. The second-order valence-electron chi connectivity index (χ2n) is 4.07. The van der Waals surface area contributed by atoms with E-state index in [1.54, 1.807) is 25.1 Å². The number of carbonyl (C=O) groups is 1. The Balaban J connectivity index is 2.04. The summed E-state index contributed by atoms with van der Waals surface area (Å²) in [5, 5.41) is 4.24. The summed E-state index contributed by atoms with van der Waals surface area (Å²) in [5.41, 5.74) is 0.538. The van der Waals surface area contributed by atoms with Crippen molar-refractivity contribution in [3.8, 4) is 0 Å². The van der Waals surface area contributed by atoms with Gasteiger partial charge in [0.15, 0.2) is 0 Å². The minimum atomic E-state index is -0.0282. The second-order valence-corrected chi connectivity index (χ2v) is 4.07. The quantitative estimate of drug-likeness (QED) is 0.718. The lowest BCUT2D eigenvalue weighted by atomic mass is 10.4. The van der Waals surface area contributed by atoms with Crippen LogP contribution in [-0.4, -0.2) is 34.7 Å². The van der Waals surface area contributed by atoms with E-state index in [1.807, 2.05) is 10.9 Å².